The SMILES string of the molecule is CC(C)(C)C1=CC=C2C(C1)B1C3=C4C(CC=C3)C3(CCCCC3)C(C)(C)N4C3=CC(C(C)(C)C)CC(=C13)N2c1cc(C(C)(C)C)cc(C(C)(C)C)c1. The molecule has 0 bridgehead atoms. The minimum atomic E-state index is 0.0533. The van der Waals surface area contributed by atoms with Crippen molar-refractivity contribution in [2.75, 3.05) is 4.90 Å². The van der Waals surface area contributed by atoms with Gasteiger partial charge in [-0.3, -0.25) is 0 Å². The van der Waals surface area contributed by atoms with E-state index in [0.717, 1.165) is 12.8 Å². The zero-order chi connectivity index (χ0) is 37.6. The van der Waals surface area contributed by atoms with Gasteiger partial charge in [0.25, 0.3) is 0 Å². The van der Waals surface area contributed by atoms with Crippen molar-refractivity contribution in [3.05, 3.63) is 99.0 Å². The second-order valence-electron chi connectivity index (χ2n) is 22.7. The van der Waals surface area contributed by atoms with Gasteiger partial charge in [0.1, 0.15) is 0 Å². The molecule has 7 aliphatic rings. The highest BCUT2D eigenvalue weighted by Crippen LogP contribution is 2.69. The van der Waals surface area contributed by atoms with Gasteiger partial charge in [0.15, 0.2) is 0 Å². The molecule has 3 heterocycles. The maximum absolute atomic E-state index is 2.99. The minimum Gasteiger partial charge on any atom is -0.340 e. The molecule has 0 aromatic heterocycles. The minimum absolute atomic E-state index is 0.0533. The van der Waals surface area contributed by atoms with E-state index in [-0.39, 0.29) is 27.2 Å². The third-order valence-corrected chi connectivity index (χ3v) is 15.2. The van der Waals surface area contributed by atoms with Crippen molar-refractivity contribution in [3.63, 3.8) is 0 Å². The maximum atomic E-state index is 2.99. The molecule has 1 saturated carbocycles. The van der Waals surface area contributed by atoms with E-state index in [1.54, 1.807) is 33.6 Å². The highest BCUT2D eigenvalue weighted by molar-refractivity contribution is 6.79. The standard InChI is InChI=1S/C49H69BN2/c1-44(2,3)31-21-22-39-38(28-31)50-37-20-18-19-36-43(37)52(48(13,14)49(36)23-16-15-17-24-49)41-30-34(47(10,11)12)29-40(42(41)50)51(39)35-26-32(45(4,5)6)25-33(27-35)46(7,8)9/h18,20-22,25-27,30,34,36,38H,15-17,19,23-24,28-29H2,1-14H3. The van der Waals surface area contributed by atoms with Gasteiger partial charge in [-0.2, -0.15) is 0 Å². The van der Waals surface area contributed by atoms with Crippen molar-refractivity contribution >= 4 is 12.4 Å². The third kappa shape index (κ3) is 5.23. The summed E-state index contributed by atoms with van der Waals surface area (Å²) in [6, 6.07) is 7.63. The number of fused-ring (bicyclic) bond motifs is 5. The summed E-state index contributed by atoms with van der Waals surface area (Å²) in [5.74, 6) is 1.48. The summed E-state index contributed by atoms with van der Waals surface area (Å²) in [7, 11) is 0. The zero-order valence-corrected chi connectivity index (χ0v) is 35.5. The monoisotopic (exact) mass is 697 g/mol. The van der Waals surface area contributed by atoms with E-state index >= 15 is 0 Å². The molecule has 52 heavy (non-hydrogen) atoms. The van der Waals surface area contributed by atoms with E-state index in [1.165, 1.54) is 61.0 Å². The summed E-state index contributed by atoms with van der Waals surface area (Å²) >= 11 is 0. The van der Waals surface area contributed by atoms with Gasteiger partial charge in [-0.15, -0.1) is 0 Å². The predicted molar refractivity (Wildman–Crippen MR) is 224 cm³/mol. The lowest BCUT2D eigenvalue weighted by Crippen LogP contribution is -2.55. The molecule has 8 rings (SSSR count). The summed E-state index contributed by atoms with van der Waals surface area (Å²) in [4.78, 5) is 5.83. The first-order chi connectivity index (χ1) is 24.1. The molecule has 3 atom stereocenters. The van der Waals surface area contributed by atoms with E-state index in [1.807, 2.05) is 0 Å². The van der Waals surface area contributed by atoms with Crippen LogP contribution in [0, 0.1) is 28.1 Å². The molecular weight excluding hydrogens is 627 g/mol. The number of allylic oxidation sites excluding steroid dienone is 11. The van der Waals surface area contributed by atoms with Gasteiger partial charge >= 0.3 is 0 Å². The first-order valence-electron chi connectivity index (χ1n) is 21.1. The topological polar surface area (TPSA) is 6.48 Å². The van der Waals surface area contributed by atoms with Crippen LogP contribution in [0.15, 0.2) is 87.9 Å². The second-order valence-corrected chi connectivity index (χ2v) is 22.7. The van der Waals surface area contributed by atoms with Crippen LogP contribution in [-0.4, -0.2) is 17.2 Å². The number of nitrogens with zero attached hydrogens (tertiary/aromatic N) is 2. The molecule has 3 aliphatic heterocycles. The van der Waals surface area contributed by atoms with Crippen LogP contribution < -0.4 is 4.90 Å². The van der Waals surface area contributed by atoms with Crippen LogP contribution in [0.1, 0.15) is 159 Å². The van der Waals surface area contributed by atoms with Crippen molar-refractivity contribution in [1.29, 1.82) is 0 Å². The maximum Gasteiger partial charge on any atom is 0.225 e. The summed E-state index contributed by atoms with van der Waals surface area (Å²) in [5, 5.41) is 0. The van der Waals surface area contributed by atoms with Gasteiger partial charge in [-0.1, -0.05) is 144 Å². The number of benzene rings is 1. The molecule has 1 saturated heterocycles. The van der Waals surface area contributed by atoms with E-state index in [2.05, 4.69) is 155 Å². The van der Waals surface area contributed by atoms with E-state index < -0.39 is 0 Å². The highest BCUT2D eigenvalue weighted by Gasteiger charge is 2.66. The van der Waals surface area contributed by atoms with Gasteiger partial charge in [-0.25, -0.2) is 0 Å². The number of anilines is 1. The van der Waals surface area contributed by atoms with Crippen LogP contribution in [0.25, 0.3) is 0 Å². The fraction of sp³-hybridized carbons (Fsp3) is 0.633. The Bertz CT molecular complexity index is 1840. The molecule has 2 fully saturated rings. The number of rotatable bonds is 1. The van der Waals surface area contributed by atoms with Crippen molar-refractivity contribution < 1.29 is 0 Å². The van der Waals surface area contributed by atoms with Crippen molar-refractivity contribution in [2.45, 2.75) is 170 Å². The Hall–Kier alpha value is -2.68. The zero-order valence-electron chi connectivity index (χ0n) is 35.5. The molecule has 1 aromatic carbocycles. The molecule has 2 nitrogen and oxygen atoms in total. The molecule has 3 heteroatoms. The van der Waals surface area contributed by atoms with Crippen LogP contribution in [0.2, 0.25) is 5.82 Å². The highest BCUT2D eigenvalue weighted by atomic mass is 15.3. The lowest BCUT2D eigenvalue weighted by molar-refractivity contribution is 0.0296. The largest absolute Gasteiger partial charge is 0.340 e. The van der Waals surface area contributed by atoms with E-state index in [4.69, 9.17) is 0 Å². The Kier molecular flexibility index (Phi) is 7.98. The van der Waals surface area contributed by atoms with Crippen LogP contribution >= 0.6 is 0 Å². The average Bonchev–Trinajstić information content (AvgIpc) is 3.23. The molecule has 0 N–H and O–H groups in total. The third-order valence-electron chi connectivity index (χ3n) is 15.2. The molecule has 1 aromatic rings. The summed E-state index contributed by atoms with van der Waals surface area (Å²) in [6.45, 7) is 34.8. The van der Waals surface area contributed by atoms with E-state index in [9.17, 15) is 0 Å². The van der Waals surface area contributed by atoms with Crippen molar-refractivity contribution in [3.8, 4) is 0 Å². The predicted octanol–water partition coefficient (Wildman–Crippen LogP) is 13.4. The summed E-state index contributed by atoms with van der Waals surface area (Å²) < 4.78 is 0. The molecule has 278 valence electrons. The lowest BCUT2D eigenvalue weighted by atomic mass is 9.26. The summed E-state index contributed by atoms with van der Waals surface area (Å²) in [5.41, 5.74) is 16.3. The summed E-state index contributed by atoms with van der Waals surface area (Å²) in [6.07, 6.45) is 23.4. The first-order valence-corrected chi connectivity index (χ1v) is 21.1. The van der Waals surface area contributed by atoms with Gasteiger partial charge in [-0.05, 0) is 114 Å². The van der Waals surface area contributed by atoms with Gasteiger partial charge < -0.3 is 9.80 Å². The Morgan fingerprint density at radius 2 is 1.38 bits per heavy atom. The van der Waals surface area contributed by atoms with Crippen LogP contribution in [-0.2, 0) is 10.8 Å². The second kappa shape index (κ2) is 11.4. The first kappa shape index (κ1) is 36.3. The molecular formula is C49H69BN2. The van der Waals surface area contributed by atoms with E-state index in [0.29, 0.717) is 29.8 Å². The van der Waals surface area contributed by atoms with Gasteiger partial charge in [0.05, 0.1) is 0 Å². The van der Waals surface area contributed by atoms with Crippen LogP contribution in [0.4, 0.5) is 5.69 Å². The Morgan fingerprint density at radius 1 is 0.750 bits per heavy atom. The molecule has 0 radical (unpaired) electrons. The number of hydrogen-bond acceptors (Lipinski definition) is 2. The molecule has 0 amide bonds. The Morgan fingerprint density at radius 3 is 1.96 bits per heavy atom. The fourth-order valence-electron chi connectivity index (χ4n) is 11.8. The fourth-order valence-corrected chi connectivity index (χ4v) is 11.8. The van der Waals surface area contributed by atoms with Gasteiger partial charge in [0.2, 0.25) is 6.71 Å². The van der Waals surface area contributed by atoms with Crippen LogP contribution in [0.3, 0.4) is 0 Å². The number of hydrogen-bond donors (Lipinski definition) is 0. The van der Waals surface area contributed by atoms with Gasteiger partial charge in [0, 0.05) is 45.3 Å². The van der Waals surface area contributed by atoms with Crippen LogP contribution in [0.5, 0.6) is 0 Å². The Labute approximate surface area is 318 Å². The smallest absolute Gasteiger partial charge is 0.225 e. The normalized spacial score (nSPS) is 28.1. The van der Waals surface area contributed by atoms with Crippen molar-refractivity contribution in [1.82, 2.24) is 4.90 Å². The average molecular weight is 697 g/mol. The Balaban J connectivity index is 1.46. The quantitative estimate of drug-likeness (QED) is 0.270. The molecule has 1 spiro atoms. The lowest BCUT2D eigenvalue weighted by Gasteiger charge is -2.56. The van der Waals surface area contributed by atoms with Crippen molar-refractivity contribution in [2.24, 2.45) is 28.1 Å². The molecule has 3 unspecified atom stereocenters. The molecule has 4 aliphatic carbocycles.